The van der Waals surface area contributed by atoms with E-state index >= 15 is 0 Å². The van der Waals surface area contributed by atoms with Crippen LogP contribution in [0.4, 0.5) is 11.4 Å². The summed E-state index contributed by atoms with van der Waals surface area (Å²) < 4.78 is 34.1. The number of hydrogen-bond acceptors (Lipinski definition) is 5. The first-order valence-electron chi connectivity index (χ1n) is 9.04. The number of anilines is 2. The number of sulfonamides is 1. The quantitative estimate of drug-likeness (QED) is 0.671. The SMILES string of the molecule is COc1ccc(S(=O)(=O)Nc2ccccc2N2CCc3sccc3C2)c(C)c1. The van der Waals surface area contributed by atoms with E-state index in [1.165, 1.54) is 10.4 Å². The van der Waals surface area contributed by atoms with Crippen LogP contribution in [-0.2, 0) is 23.0 Å². The fraction of sp³-hybridized carbons (Fsp3) is 0.238. The molecule has 0 fully saturated rings. The first-order chi connectivity index (χ1) is 13.5. The molecule has 7 heteroatoms. The van der Waals surface area contributed by atoms with Crippen LogP contribution in [0.5, 0.6) is 5.75 Å². The van der Waals surface area contributed by atoms with Crippen molar-refractivity contribution in [3.05, 3.63) is 69.9 Å². The average molecular weight is 415 g/mol. The Morgan fingerprint density at radius 1 is 1.14 bits per heavy atom. The minimum absolute atomic E-state index is 0.252. The normalized spacial score (nSPS) is 13.9. The van der Waals surface area contributed by atoms with E-state index in [9.17, 15) is 8.42 Å². The van der Waals surface area contributed by atoms with Gasteiger partial charge in [0.05, 0.1) is 23.4 Å². The molecule has 0 spiro atoms. The maximum absolute atomic E-state index is 13.0. The molecular weight excluding hydrogens is 392 g/mol. The maximum atomic E-state index is 13.0. The predicted octanol–water partition coefficient (Wildman–Crippen LogP) is 4.43. The van der Waals surface area contributed by atoms with Gasteiger partial charge in [-0.05, 0) is 66.2 Å². The van der Waals surface area contributed by atoms with Crippen molar-refractivity contribution in [2.45, 2.75) is 24.8 Å². The number of nitrogens with zero attached hydrogens (tertiary/aromatic N) is 1. The molecule has 0 bridgehead atoms. The van der Waals surface area contributed by atoms with Gasteiger partial charge in [-0.2, -0.15) is 0 Å². The lowest BCUT2D eigenvalue weighted by molar-refractivity contribution is 0.414. The number of para-hydroxylation sites is 2. The van der Waals surface area contributed by atoms with Crippen molar-refractivity contribution in [2.75, 3.05) is 23.3 Å². The summed E-state index contributed by atoms with van der Waals surface area (Å²) in [6.45, 7) is 3.43. The van der Waals surface area contributed by atoms with Gasteiger partial charge in [-0.25, -0.2) is 8.42 Å². The number of thiophene rings is 1. The molecule has 3 aromatic rings. The van der Waals surface area contributed by atoms with Crippen LogP contribution in [0.2, 0.25) is 0 Å². The number of hydrogen-bond donors (Lipinski definition) is 1. The number of benzene rings is 2. The lowest BCUT2D eigenvalue weighted by Gasteiger charge is -2.30. The number of fused-ring (bicyclic) bond motifs is 1. The van der Waals surface area contributed by atoms with E-state index in [1.807, 2.05) is 24.3 Å². The zero-order valence-electron chi connectivity index (χ0n) is 15.8. The molecule has 2 aromatic carbocycles. The van der Waals surface area contributed by atoms with Crippen molar-refractivity contribution in [1.82, 2.24) is 0 Å². The molecule has 0 radical (unpaired) electrons. The number of ether oxygens (including phenoxy) is 1. The summed E-state index contributed by atoms with van der Waals surface area (Å²) in [7, 11) is -2.15. The van der Waals surface area contributed by atoms with Gasteiger partial charge in [0.25, 0.3) is 10.0 Å². The highest BCUT2D eigenvalue weighted by molar-refractivity contribution is 7.92. The van der Waals surface area contributed by atoms with Crippen LogP contribution in [-0.4, -0.2) is 22.1 Å². The van der Waals surface area contributed by atoms with E-state index in [4.69, 9.17) is 4.74 Å². The van der Waals surface area contributed by atoms with Crippen molar-refractivity contribution in [3.63, 3.8) is 0 Å². The summed E-state index contributed by atoms with van der Waals surface area (Å²) in [5.74, 6) is 0.636. The Labute approximate surface area is 169 Å². The molecule has 0 atom stereocenters. The fourth-order valence-electron chi connectivity index (χ4n) is 3.54. The van der Waals surface area contributed by atoms with E-state index in [0.29, 0.717) is 17.0 Å². The van der Waals surface area contributed by atoms with Crippen LogP contribution >= 0.6 is 11.3 Å². The molecule has 1 N–H and O–H groups in total. The van der Waals surface area contributed by atoms with E-state index < -0.39 is 10.0 Å². The molecule has 1 aliphatic heterocycles. The van der Waals surface area contributed by atoms with Crippen LogP contribution in [0.15, 0.2) is 58.8 Å². The van der Waals surface area contributed by atoms with E-state index in [2.05, 4.69) is 21.1 Å². The zero-order chi connectivity index (χ0) is 19.7. The average Bonchev–Trinajstić information content (AvgIpc) is 3.15. The second-order valence-corrected chi connectivity index (χ2v) is 9.45. The Balaban J connectivity index is 1.64. The molecule has 2 heterocycles. The molecule has 1 aromatic heterocycles. The van der Waals surface area contributed by atoms with E-state index in [-0.39, 0.29) is 4.90 Å². The van der Waals surface area contributed by atoms with Gasteiger partial charge in [-0.1, -0.05) is 12.1 Å². The summed E-state index contributed by atoms with van der Waals surface area (Å²) in [4.78, 5) is 3.90. The van der Waals surface area contributed by atoms with Crippen LogP contribution in [0.1, 0.15) is 16.0 Å². The molecular formula is C21H22N2O3S2. The third-order valence-electron chi connectivity index (χ3n) is 4.97. The minimum Gasteiger partial charge on any atom is -0.497 e. The lowest BCUT2D eigenvalue weighted by atomic mass is 10.1. The standard InChI is InChI=1S/C21H22N2O3S2/c1-15-13-17(26-2)7-8-21(15)28(24,25)22-18-5-3-4-6-19(18)23-11-9-20-16(14-23)10-12-27-20/h3-8,10,12-13,22H,9,11,14H2,1-2H3. The second-order valence-electron chi connectivity index (χ2n) is 6.79. The Hall–Kier alpha value is -2.51. The van der Waals surface area contributed by atoms with Crippen LogP contribution in [0.25, 0.3) is 0 Å². The number of rotatable bonds is 5. The summed E-state index contributed by atoms with van der Waals surface area (Å²) in [6.07, 6.45) is 0.978. The van der Waals surface area contributed by atoms with Crippen molar-refractivity contribution in [2.24, 2.45) is 0 Å². The Bertz CT molecular complexity index is 1110. The topological polar surface area (TPSA) is 58.6 Å². The number of nitrogens with one attached hydrogen (secondary N) is 1. The first-order valence-corrected chi connectivity index (χ1v) is 11.4. The Morgan fingerprint density at radius 2 is 1.96 bits per heavy atom. The van der Waals surface area contributed by atoms with Gasteiger partial charge >= 0.3 is 0 Å². The monoisotopic (exact) mass is 414 g/mol. The van der Waals surface area contributed by atoms with Gasteiger partial charge in [0, 0.05) is 18.0 Å². The fourth-order valence-corrected chi connectivity index (χ4v) is 5.73. The number of aryl methyl sites for hydroxylation is 1. The van der Waals surface area contributed by atoms with Crippen LogP contribution in [0, 0.1) is 6.92 Å². The molecule has 146 valence electrons. The smallest absolute Gasteiger partial charge is 0.262 e. The van der Waals surface area contributed by atoms with Crippen molar-refractivity contribution in [1.29, 1.82) is 0 Å². The third kappa shape index (κ3) is 3.59. The summed E-state index contributed by atoms with van der Waals surface area (Å²) in [5.41, 5.74) is 3.45. The zero-order valence-corrected chi connectivity index (χ0v) is 17.4. The maximum Gasteiger partial charge on any atom is 0.262 e. The molecule has 1 aliphatic rings. The highest BCUT2D eigenvalue weighted by atomic mass is 32.2. The lowest BCUT2D eigenvalue weighted by Crippen LogP contribution is -2.30. The molecule has 4 rings (SSSR count). The van der Waals surface area contributed by atoms with Gasteiger partial charge in [0.15, 0.2) is 0 Å². The largest absolute Gasteiger partial charge is 0.497 e. The highest BCUT2D eigenvalue weighted by Gasteiger charge is 2.23. The van der Waals surface area contributed by atoms with E-state index in [1.54, 1.807) is 43.6 Å². The van der Waals surface area contributed by atoms with E-state index in [0.717, 1.165) is 25.2 Å². The van der Waals surface area contributed by atoms with Gasteiger partial charge in [0.2, 0.25) is 0 Å². The molecule has 0 amide bonds. The first kappa shape index (κ1) is 18.8. The third-order valence-corrected chi connectivity index (χ3v) is 7.52. The summed E-state index contributed by atoms with van der Waals surface area (Å²) in [5, 5.41) is 2.12. The molecule has 0 aliphatic carbocycles. The van der Waals surface area contributed by atoms with Gasteiger partial charge in [0.1, 0.15) is 5.75 Å². The molecule has 0 saturated heterocycles. The van der Waals surface area contributed by atoms with Crippen molar-refractivity contribution >= 4 is 32.7 Å². The highest BCUT2D eigenvalue weighted by Crippen LogP contribution is 2.34. The van der Waals surface area contributed by atoms with Crippen molar-refractivity contribution in [3.8, 4) is 5.75 Å². The summed E-state index contributed by atoms with van der Waals surface area (Å²) in [6, 6.07) is 14.7. The molecule has 5 nitrogen and oxygen atoms in total. The Kier molecular flexibility index (Phi) is 5.03. The Morgan fingerprint density at radius 3 is 2.75 bits per heavy atom. The second kappa shape index (κ2) is 7.48. The van der Waals surface area contributed by atoms with Crippen LogP contribution in [0.3, 0.4) is 0 Å². The number of methoxy groups -OCH3 is 1. The van der Waals surface area contributed by atoms with Gasteiger partial charge < -0.3 is 9.64 Å². The molecule has 0 unspecified atom stereocenters. The van der Waals surface area contributed by atoms with Crippen LogP contribution < -0.4 is 14.4 Å². The molecule has 28 heavy (non-hydrogen) atoms. The van der Waals surface area contributed by atoms with Gasteiger partial charge in [-0.15, -0.1) is 11.3 Å². The van der Waals surface area contributed by atoms with Crippen molar-refractivity contribution < 1.29 is 13.2 Å². The summed E-state index contributed by atoms with van der Waals surface area (Å²) >= 11 is 1.79. The predicted molar refractivity (Wildman–Crippen MR) is 114 cm³/mol. The minimum atomic E-state index is -3.71. The van der Waals surface area contributed by atoms with Gasteiger partial charge in [-0.3, -0.25) is 4.72 Å². The molecule has 0 saturated carbocycles.